The van der Waals surface area contributed by atoms with E-state index in [4.69, 9.17) is 9.47 Å². The maximum atomic E-state index is 11.7. The topological polar surface area (TPSA) is 38.8 Å². The van der Waals surface area contributed by atoms with E-state index in [2.05, 4.69) is 0 Å². The van der Waals surface area contributed by atoms with Gasteiger partial charge in [0.2, 0.25) is 5.91 Å². The van der Waals surface area contributed by atoms with Crippen molar-refractivity contribution in [2.75, 3.05) is 6.54 Å². The minimum atomic E-state index is -0.470. The highest BCUT2D eigenvalue weighted by Gasteiger charge is 2.54. The normalized spacial score (nSPS) is 42.9. The molecule has 0 unspecified atom stereocenters. The van der Waals surface area contributed by atoms with Crippen LogP contribution in [0, 0.1) is 0 Å². The number of fused-ring (bicyclic) bond motifs is 3. The molecule has 0 saturated carbocycles. The van der Waals surface area contributed by atoms with Crippen molar-refractivity contribution in [3.05, 3.63) is 0 Å². The first-order valence-electron chi connectivity index (χ1n) is 5.72. The lowest BCUT2D eigenvalue weighted by atomic mass is 10.00. The second-order valence-electron chi connectivity index (χ2n) is 5.14. The number of carbonyl (C=O) groups is 1. The van der Waals surface area contributed by atoms with Crippen molar-refractivity contribution in [3.8, 4) is 0 Å². The zero-order valence-electron chi connectivity index (χ0n) is 9.23. The van der Waals surface area contributed by atoms with E-state index in [0.717, 1.165) is 19.4 Å². The molecule has 0 aromatic carbocycles. The standard InChI is InChI=1S/C11H17NO3/c1-11(2)14-8-6-12-7(10(8)15-11)4-3-5-9(12)13/h7-8,10H,3-6H2,1-2H3/t7-,8-,10+/m1/s1. The molecule has 84 valence electrons. The quantitative estimate of drug-likeness (QED) is 0.597. The van der Waals surface area contributed by atoms with Crippen LogP contribution in [0.3, 0.4) is 0 Å². The molecule has 3 heterocycles. The molecule has 0 spiro atoms. The Labute approximate surface area is 89.5 Å². The fraction of sp³-hybridized carbons (Fsp3) is 0.909. The van der Waals surface area contributed by atoms with Crippen LogP contribution in [0.2, 0.25) is 0 Å². The van der Waals surface area contributed by atoms with Crippen LogP contribution < -0.4 is 0 Å². The van der Waals surface area contributed by atoms with Crippen molar-refractivity contribution >= 4 is 5.91 Å². The maximum Gasteiger partial charge on any atom is 0.223 e. The van der Waals surface area contributed by atoms with Gasteiger partial charge in [0.1, 0.15) is 12.2 Å². The Bertz CT molecular complexity index is 302. The molecule has 3 aliphatic heterocycles. The van der Waals surface area contributed by atoms with Gasteiger partial charge in [0.25, 0.3) is 0 Å². The first kappa shape index (κ1) is 9.60. The van der Waals surface area contributed by atoms with E-state index in [1.54, 1.807) is 0 Å². The third kappa shape index (κ3) is 1.39. The lowest BCUT2D eigenvalue weighted by Crippen LogP contribution is -2.44. The molecule has 0 radical (unpaired) electrons. The van der Waals surface area contributed by atoms with Gasteiger partial charge in [-0.2, -0.15) is 0 Å². The number of carbonyl (C=O) groups excluding carboxylic acids is 1. The summed E-state index contributed by atoms with van der Waals surface area (Å²) < 4.78 is 11.7. The monoisotopic (exact) mass is 211 g/mol. The molecule has 3 fully saturated rings. The van der Waals surface area contributed by atoms with Crippen LogP contribution in [0.1, 0.15) is 33.1 Å². The van der Waals surface area contributed by atoms with Crippen molar-refractivity contribution in [1.29, 1.82) is 0 Å². The summed E-state index contributed by atoms with van der Waals surface area (Å²) in [6, 6.07) is 0.262. The van der Waals surface area contributed by atoms with E-state index in [9.17, 15) is 4.79 Å². The SMILES string of the molecule is CC1(C)O[C@H]2[C@H]3CCCC(=O)N3C[C@H]2O1. The van der Waals surface area contributed by atoms with Crippen LogP contribution in [-0.4, -0.2) is 41.4 Å². The molecule has 3 aliphatic rings. The molecular weight excluding hydrogens is 194 g/mol. The van der Waals surface area contributed by atoms with Gasteiger partial charge in [0.05, 0.1) is 12.6 Å². The highest BCUT2D eigenvalue weighted by atomic mass is 16.8. The first-order chi connectivity index (χ1) is 7.07. The van der Waals surface area contributed by atoms with Crippen LogP contribution in [0.15, 0.2) is 0 Å². The average molecular weight is 211 g/mol. The molecule has 1 amide bonds. The Morgan fingerprint density at radius 1 is 1.40 bits per heavy atom. The summed E-state index contributed by atoms with van der Waals surface area (Å²) >= 11 is 0. The van der Waals surface area contributed by atoms with Gasteiger partial charge in [-0.15, -0.1) is 0 Å². The summed E-state index contributed by atoms with van der Waals surface area (Å²) in [5.41, 5.74) is 0. The van der Waals surface area contributed by atoms with Crippen molar-refractivity contribution < 1.29 is 14.3 Å². The molecule has 0 bridgehead atoms. The predicted octanol–water partition coefficient (Wildman–Crippen LogP) is 0.901. The number of piperidine rings is 1. The molecule has 4 nitrogen and oxygen atoms in total. The average Bonchev–Trinajstić information content (AvgIpc) is 2.59. The number of amides is 1. The molecule has 0 aliphatic carbocycles. The smallest absolute Gasteiger partial charge is 0.223 e. The summed E-state index contributed by atoms with van der Waals surface area (Å²) in [7, 11) is 0. The van der Waals surface area contributed by atoms with Gasteiger partial charge in [-0.05, 0) is 26.7 Å². The number of hydrogen-bond acceptors (Lipinski definition) is 3. The van der Waals surface area contributed by atoms with E-state index in [0.29, 0.717) is 6.42 Å². The summed E-state index contributed by atoms with van der Waals surface area (Å²) in [6.45, 7) is 4.61. The summed E-state index contributed by atoms with van der Waals surface area (Å²) in [6.07, 6.45) is 2.94. The van der Waals surface area contributed by atoms with Gasteiger partial charge in [-0.25, -0.2) is 0 Å². The highest BCUT2D eigenvalue weighted by Crippen LogP contribution is 2.40. The van der Waals surface area contributed by atoms with Crippen LogP contribution >= 0.6 is 0 Å². The summed E-state index contributed by atoms with van der Waals surface area (Å²) in [5, 5.41) is 0. The Hall–Kier alpha value is -0.610. The third-order valence-electron chi connectivity index (χ3n) is 3.59. The Morgan fingerprint density at radius 2 is 2.20 bits per heavy atom. The van der Waals surface area contributed by atoms with Crippen molar-refractivity contribution in [2.24, 2.45) is 0 Å². The maximum absolute atomic E-state index is 11.7. The third-order valence-corrected chi connectivity index (χ3v) is 3.59. The zero-order valence-corrected chi connectivity index (χ0v) is 9.23. The van der Waals surface area contributed by atoms with Gasteiger partial charge in [0.15, 0.2) is 5.79 Å². The fourth-order valence-corrected chi connectivity index (χ4v) is 3.05. The number of rotatable bonds is 0. The second kappa shape index (κ2) is 2.95. The molecular formula is C11H17NO3. The zero-order chi connectivity index (χ0) is 10.6. The van der Waals surface area contributed by atoms with Gasteiger partial charge in [-0.3, -0.25) is 4.79 Å². The van der Waals surface area contributed by atoms with Crippen molar-refractivity contribution in [2.45, 2.75) is 57.1 Å². The highest BCUT2D eigenvalue weighted by molar-refractivity contribution is 5.78. The molecule has 3 rings (SSSR count). The van der Waals surface area contributed by atoms with Crippen molar-refractivity contribution in [1.82, 2.24) is 4.90 Å². The van der Waals surface area contributed by atoms with Gasteiger partial charge in [0, 0.05) is 6.42 Å². The van der Waals surface area contributed by atoms with Crippen LogP contribution in [0.25, 0.3) is 0 Å². The van der Waals surface area contributed by atoms with E-state index in [1.165, 1.54) is 0 Å². The Balaban J connectivity index is 1.82. The Morgan fingerprint density at radius 3 is 3.00 bits per heavy atom. The van der Waals surface area contributed by atoms with Crippen LogP contribution in [0.4, 0.5) is 0 Å². The minimum absolute atomic E-state index is 0.0899. The molecule has 0 aromatic heterocycles. The van der Waals surface area contributed by atoms with E-state index >= 15 is 0 Å². The van der Waals surface area contributed by atoms with Gasteiger partial charge in [-0.1, -0.05) is 0 Å². The molecule has 0 aromatic rings. The van der Waals surface area contributed by atoms with E-state index in [-0.39, 0.29) is 24.2 Å². The molecule has 3 saturated heterocycles. The number of ether oxygens (including phenoxy) is 2. The lowest BCUT2D eigenvalue weighted by Gasteiger charge is -2.33. The molecule has 3 atom stereocenters. The van der Waals surface area contributed by atoms with Crippen LogP contribution in [-0.2, 0) is 14.3 Å². The van der Waals surface area contributed by atoms with Crippen molar-refractivity contribution in [3.63, 3.8) is 0 Å². The van der Waals surface area contributed by atoms with Gasteiger partial charge < -0.3 is 14.4 Å². The number of nitrogens with zero attached hydrogens (tertiary/aromatic N) is 1. The lowest BCUT2D eigenvalue weighted by molar-refractivity contribution is -0.169. The van der Waals surface area contributed by atoms with E-state index < -0.39 is 5.79 Å². The molecule has 15 heavy (non-hydrogen) atoms. The first-order valence-corrected chi connectivity index (χ1v) is 5.72. The second-order valence-corrected chi connectivity index (χ2v) is 5.14. The largest absolute Gasteiger partial charge is 0.343 e. The predicted molar refractivity (Wildman–Crippen MR) is 53.2 cm³/mol. The summed E-state index contributed by atoms with van der Waals surface area (Å²) in [5.74, 6) is -0.201. The number of hydrogen-bond donors (Lipinski definition) is 0. The molecule has 4 heteroatoms. The molecule has 0 N–H and O–H groups in total. The minimum Gasteiger partial charge on any atom is -0.343 e. The van der Waals surface area contributed by atoms with Crippen LogP contribution in [0.5, 0.6) is 0 Å². The Kier molecular flexibility index (Phi) is 1.89. The van der Waals surface area contributed by atoms with Gasteiger partial charge >= 0.3 is 0 Å². The van der Waals surface area contributed by atoms with E-state index in [1.807, 2.05) is 18.7 Å². The summed E-state index contributed by atoms with van der Waals surface area (Å²) in [4.78, 5) is 13.6. The fourth-order valence-electron chi connectivity index (χ4n) is 3.05.